The number of benzene rings is 1. The highest BCUT2D eigenvalue weighted by molar-refractivity contribution is 6.35. The van der Waals surface area contributed by atoms with E-state index in [4.69, 9.17) is 28.3 Å². The molecule has 0 saturated carbocycles. The standard InChI is InChI=1S/C12H13Cl2N3O/c13-10-1-2-11(14)12(5-10)15-6-9-7-16-17(8-9)3-4-18/h1-2,5,7-8,15,18H,3-4,6H2. The quantitative estimate of drug-likeness (QED) is 0.888. The number of aromatic nitrogens is 2. The van der Waals surface area contributed by atoms with Crippen LogP contribution in [0.15, 0.2) is 30.6 Å². The van der Waals surface area contributed by atoms with Crippen LogP contribution in [0.4, 0.5) is 5.69 Å². The predicted octanol–water partition coefficient (Wildman–Crippen LogP) is 2.79. The second-order valence-corrected chi connectivity index (χ2v) is 4.66. The Balaban J connectivity index is 1.99. The molecule has 2 N–H and O–H groups in total. The minimum atomic E-state index is 0.0780. The van der Waals surface area contributed by atoms with Crippen LogP contribution in [-0.2, 0) is 13.1 Å². The van der Waals surface area contributed by atoms with E-state index < -0.39 is 0 Å². The van der Waals surface area contributed by atoms with Gasteiger partial charge in [-0.05, 0) is 18.2 Å². The summed E-state index contributed by atoms with van der Waals surface area (Å²) in [7, 11) is 0. The van der Waals surface area contributed by atoms with Crippen LogP contribution >= 0.6 is 23.2 Å². The third-order valence-corrected chi connectivity index (χ3v) is 2.99. The van der Waals surface area contributed by atoms with E-state index in [2.05, 4.69) is 10.4 Å². The number of anilines is 1. The van der Waals surface area contributed by atoms with Crippen molar-refractivity contribution in [1.82, 2.24) is 9.78 Å². The van der Waals surface area contributed by atoms with Crippen molar-refractivity contribution in [3.05, 3.63) is 46.2 Å². The number of aliphatic hydroxyl groups is 1. The van der Waals surface area contributed by atoms with Crippen LogP contribution in [0.2, 0.25) is 10.0 Å². The molecule has 0 fully saturated rings. The molecule has 4 nitrogen and oxygen atoms in total. The number of hydrogen-bond acceptors (Lipinski definition) is 3. The lowest BCUT2D eigenvalue weighted by atomic mass is 10.3. The van der Waals surface area contributed by atoms with E-state index in [9.17, 15) is 0 Å². The van der Waals surface area contributed by atoms with Crippen molar-refractivity contribution in [2.75, 3.05) is 11.9 Å². The summed E-state index contributed by atoms with van der Waals surface area (Å²) >= 11 is 11.9. The van der Waals surface area contributed by atoms with Gasteiger partial charge in [0, 0.05) is 23.3 Å². The van der Waals surface area contributed by atoms with Gasteiger partial charge in [-0.15, -0.1) is 0 Å². The Bertz CT molecular complexity index is 528. The first-order valence-electron chi connectivity index (χ1n) is 5.50. The average molecular weight is 286 g/mol. The lowest BCUT2D eigenvalue weighted by Crippen LogP contribution is -2.02. The fourth-order valence-corrected chi connectivity index (χ4v) is 1.91. The van der Waals surface area contributed by atoms with Crippen LogP contribution < -0.4 is 5.32 Å². The predicted molar refractivity (Wildman–Crippen MR) is 73.1 cm³/mol. The average Bonchev–Trinajstić information content (AvgIpc) is 2.79. The first kappa shape index (κ1) is 13.2. The molecule has 2 rings (SSSR count). The maximum Gasteiger partial charge on any atom is 0.0640 e. The molecular weight excluding hydrogens is 273 g/mol. The van der Waals surface area contributed by atoms with Crippen molar-refractivity contribution < 1.29 is 5.11 Å². The Morgan fingerprint density at radius 1 is 1.33 bits per heavy atom. The number of hydrogen-bond donors (Lipinski definition) is 2. The van der Waals surface area contributed by atoms with Crippen LogP contribution in [0, 0.1) is 0 Å². The number of nitrogens with one attached hydrogen (secondary N) is 1. The molecule has 96 valence electrons. The summed E-state index contributed by atoms with van der Waals surface area (Å²) in [4.78, 5) is 0. The Hall–Kier alpha value is -1.23. The van der Waals surface area contributed by atoms with Gasteiger partial charge < -0.3 is 10.4 Å². The molecule has 0 aliphatic heterocycles. The van der Waals surface area contributed by atoms with Gasteiger partial charge in [0.15, 0.2) is 0 Å². The first-order chi connectivity index (χ1) is 8.69. The van der Waals surface area contributed by atoms with E-state index in [1.165, 1.54) is 0 Å². The van der Waals surface area contributed by atoms with E-state index in [1.54, 1.807) is 29.1 Å². The van der Waals surface area contributed by atoms with Gasteiger partial charge in [0.1, 0.15) is 0 Å². The Morgan fingerprint density at radius 2 is 2.17 bits per heavy atom. The summed E-state index contributed by atoms with van der Waals surface area (Å²) < 4.78 is 1.69. The molecule has 1 heterocycles. The molecule has 0 bridgehead atoms. The second-order valence-electron chi connectivity index (χ2n) is 3.81. The van der Waals surface area contributed by atoms with Crippen molar-refractivity contribution in [2.45, 2.75) is 13.1 Å². The molecule has 0 spiro atoms. The van der Waals surface area contributed by atoms with Gasteiger partial charge in [-0.1, -0.05) is 23.2 Å². The van der Waals surface area contributed by atoms with E-state index in [1.807, 2.05) is 6.20 Å². The topological polar surface area (TPSA) is 50.1 Å². The van der Waals surface area contributed by atoms with E-state index in [0.29, 0.717) is 23.1 Å². The summed E-state index contributed by atoms with van der Waals surface area (Å²) in [6.07, 6.45) is 3.63. The van der Waals surface area contributed by atoms with E-state index in [-0.39, 0.29) is 6.61 Å². The normalized spacial score (nSPS) is 10.6. The van der Waals surface area contributed by atoms with Crippen LogP contribution in [0.25, 0.3) is 0 Å². The molecular formula is C12H13Cl2N3O. The van der Waals surface area contributed by atoms with Gasteiger partial charge in [0.05, 0.1) is 30.1 Å². The molecule has 1 aromatic carbocycles. The summed E-state index contributed by atoms with van der Waals surface area (Å²) in [6.45, 7) is 1.18. The molecule has 1 aromatic heterocycles. The monoisotopic (exact) mass is 285 g/mol. The van der Waals surface area contributed by atoms with Crippen molar-refractivity contribution in [3.63, 3.8) is 0 Å². The third-order valence-electron chi connectivity index (χ3n) is 2.43. The molecule has 2 aromatic rings. The summed E-state index contributed by atoms with van der Waals surface area (Å²) in [5.41, 5.74) is 1.80. The highest BCUT2D eigenvalue weighted by Crippen LogP contribution is 2.25. The molecule has 6 heteroatoms. The van der Waals surface area contributed by atoms with Crippen molar-refractivity contribution in [1.29, 1.82) is 0 Å². The summed E-state index contributed by atoms with van der Waals surface area (Å²) in [5, 5.41) is 17.4. The molecule has 0 aliphatic carbocycles. The van der Waals surface area contributed by atoms with Gasteiger partial charge in [0.25, 0.3) is 0 Å². The van der Waals surface area contributed by atoms with Crippen LogP contribution in [-0.4, -0.2) is 21.5 Å². The highest BCUT2D eigenvalue weighted by atomic mass is 35.5. The van der Waals surface area contributed by atoms with E-state index >= 15 is 0 Å². The summed E-state index contributed by atoms with van der Waals surface area (Å²) in [5.74, 6) is 0. The molecule has 18 heavy (non-hydrogen) atoms. The van der Waals surface area contributed by atoms with Gasteiger partial charge in [-0.25, -0.2) is 0 Å². The summed E-state index contributed by atoms with van der Waals surface area (Å²) in [6, 6.07) is 5.28. The second kappa shape index (κ2) is 6.09. The minimum Gasteiger partial charge on any atom is -0.394 e. The maximum absolute atomic E-state index is 8.80. The van der Waals surface area contributed by atoms with Gasteiger partial charge in [-0.2, -0.15) is 5.10 Å². The van der Waals surface area contributed by atoms with Crippen LogP contribution in [0.5, 0.6) is 0 Å². The fourth-order valence-electron chi connectivity index (χ4n) is 1.55. The van der Waals surface area contributed by atoms with Crippen molar-refractivity contribution in [2.24, 2.45) is 0 Å². The van der Waals surface area contributed by atoms with Gasteiger partial charge in [-0.3, -0.25) is 4.68 Å². The smallest absolute Gasteiger partial charge is 0.0640 e. The lowest BCUT2D eigenvalue weighted by Gasteiger charge is -2.07. The van der Waals surface area contributed by atoms with Gasteiger partial charge >= 0.3 is 0 Å². The fraction of sp³-hybridized carbons (Fsp3) is 0.250. The van der Waals surface area contributed by atoms with Crippen molar-refractivity contribution >= 4 is 28.9 Å². The molecule has 0 unspecified atom stereocenters. The highest BCUT2D eigenvalue weighted by Gasteiger charge is 2.02. The van der Waals surface area contributed by atoms with Crippen LogP contribution in [0.3, 0.4) is 0 Å². The van der Waals surface area contributed by atoms with E-state index in [0.717, 1.165) is 11.3 Å². The first-order valence-corrected chi connectivity index (χ1v) is 6.26. The number of halogens is 2. The molecule has 0 aliphatic rings. The zero-order valence-electron chi connectivity index (χ0n) is 9.61. The number of aliphatic hydroxyl groups excluding tert-OH is 1. The zero-order valence-corrected chi connectivity index (χ0v) is 11.1. The molecule has 0 saturated heterocycles. The Morgan fingerprint density at radius 3 is 2.94 bits per heavy atom. The lowest BCUT2D eigenvalue weighted by molar-refractivity contribution is 0.269. The SMILES string of the molecule is OCCn1cc(CNc2cc(Cl)ccc2Cl)cn1. The molecule has 0 radical (unpaired) electrons. The third kappa shape index (κ3) is 3.38. The molecule has 0 atom stereocenters. The molecule has 0 amide bonds. The number of rotatable bonds is 5. The number of nitrogens with zero attached hydrogens (tertiary/aromatic N) is 2. The largest absolute Gasteiger partial charge is 0.394 e. The minimum absolute atomic E-state index is 0.0780. The van der Waals surface area contributed by atoms with Gasteiger partial charge in [0.2, 0.25) is 0 Å². The Kier molecular flexibility index (Phi) is 4.47. The van der Waals surface area contributed by atoms with Crippen LogP contribution in [0.1, 0.15) is 5.56 Å². The Labute approximate surface area is 115 Å². The van der Waals surface area contributed by atoms with Crippen molar-refractivity contribution in [3.8, 4) is 0 Å². The zero-order chi connectivity index (χ0) is 13.0. The maximum atomic E-state index is 8.80.